The normalized spacial score (nSPS) is 10.0. The van der Waals surface area contributed by atoms with Crippen molar-refractivity contribution in [2.24, 2.45) is 10.8 Å². The van der Waals surface area contributed by atoms with E-state index in [0.29, 0.717) is 45.0 Å². The molecule has 7 nitrogen and oxygen atoms in total. The van der Waals surface area contributed by atoms with Crippen LogP contribution in [0.25, 0.3) is 10.4 Å². The molecule has 0 bridgehead atoms. The summed E-state index contributed by atoms with van der Waals surface area (Å²) in [5.74, 6) is -0.429. The van der Waals surface area contributed by atoms with Crippen molar-refractivity contribution in [3.05, 3.63) is 45.8 Å². The van der Waals surface area contributed by atoms with E-state index in [2.05, 4.69) is 10.0 Å². The van der Waals surface area contributed by atoms with E-state index in [-0.39, 0.29) is 0 Å². The molecule has 20 heavy (non-hydrogen) atoms. The molecule has 1 aromatic rings. The number of hydrogen-bond acceptors (Lipinski definition) is 4. The second-order valence-electron chi connectivity index (χ2n) is 3.95. The molecule has 0 atom stereocenters. The van der Waals surface area contributed by atoms with Gasteiger partial charge in [0, 0.05) is 17.0 Å². The van der Waals surface area contributed by atoms with E-state index >= 15 is 0 Å². The minimum atomic E-state index is -0.429. The number of carbonyl (C=O) groups is 1. The van der Waals surface area contributed by atoms with Gasteiger partial charge in [0.05, 0.1) is 26.4 Å². The van der Waals surface area contributed by atoms with E-state index in [1.54, 1.807) is 12.1 Å². The molecule has 1 amide bonds. The van der Waals surface area contributed by atoms with E-state index in [1.807, 2.05) is 12.1 Å². The smallest absolute Gasteiger partial charge is 0.248 e. The molecule has 0 radical (unpaired) electrons. The Morgan fingerprint density at radius 1 is 1.20 bits per heavy atom. The largest absolute Gasteiger partial charge is 0.379 e. The van der Waals surface area contributed by atoms with Gasteiger partial charge in [0.25, 0.3) is 0 Å². The highest BCUT2D eigenvalue weighted by atomic mass is 16.5. The lowest BCUT2D eigenvalue weighted by atomic mass is 10.0. The third kappa shape index (κ3) is 6.19. The predicted octanol–water partition coefficient (Wildman–Crippen LogP) is 1.67. The highest BCUT2D eigenvalue weighted by Crippen LogP contribution is 2.08. The first-order valence-electron chi connectivity index (χ1n) is 6.29. The Morgan fingerprint density at radius 3 is 2.60 bits per heavy atom. The van der Waals surface area contributed by atoms with Crippen LogP contribution in [0, 0.1) is 0 Å². The summed E-state index contributed by atoms with van der Waals surface area (Å²) in [5, 5.41) is 3.34. The maximum absolute atomic E-state index is 11.2. The van der Waals surface area contributed by atoms with Crippen molar-refractivity contribution >= 4 is 5.91 Å². The van der Waals surface area contributed by atoms with Gasteiger partial charge in [-0.3, -0.25) is 4.79 Å². The van der Waals surface area contributed by atoms with Crippen LogP contribution in [0.3, 0.4) is 0 Å². The number of amides is 1. The van der Waals surface area contributed by atoms with Crippen molar-refractivity contribution in [1.29, 1.82) is 0 Å². The monoisotopic (exact) mass is 278 g/mol. The zero-order chi connectivity index (χ0) is 14.6. The van der Waals surface area contributed by atoms with E-state index < -0.39 is 5.91 Å². The van der Waals surface area contributed by atoms with Crippen LogP contribution in [-0.2, 0) is 15.9 Å². The van der Waals surface area contributed by atoms with Crippen molar-refractivity contribution in [1.82, 2.24) is 0 Å². The molecule has 0 unspecified atom stereocenters. The van der Waals surface area contributed by atoms with Crippen molar-refractivity contribution in [2.45, 2.75) is 6.42 Å². The van der Waals surface area contributed by atoms with E-state index in [4.69, 9.17) is 20.7 Å². The van der Waals surface area contributed by atoms with Crippen LogP contribution in [0.5, 0.6) is 0 Å². The molecular formula is C13H18N4O3. The van der Waals surface area contributed by atoms with Gasteiger partial charge in [-0.25, -0.2) is 0 Å². The minimum Gasteiger partial charge on any atom is -0.379 e. The zero-order valence-corrected chi connectivity index (χ0v) is 11.2. The second-order valence-corrected chi connectivity index (χ2v) is 3.95. The van der Waals surface area contributed by atoms with Gasteiger partial charge in [0.2, 0.25) is 5.91 Å². The highest BCUT2D eigenvalue weighted by Gasteiger charge is 2.06. The van der Waals surface area contributed by atoms with Crippen molar-refractivity contribution in [3.8, 4) is 0 Å². The van der Waals surface area contributed by atoms with E-state index in [0.717, 1.165) is 5.56 Å². The van der Waals surface area contributed by atoms with Crippen LogP contribution >= 0.6 is 0 Å². The van der Waals surface area contributed by atoms with Crippen LogP contribution in [0.1, 0.15) is 15.9 Å². The second kappa shape index (κ2) is 9.80. The van der Waals surface area contributed by atoms with Crippen LogP contribution in [0.15, 0.2) is 29.4 Å². The third-order valence-corrected chi connectivity index (χ3v) is 2.57. The van der Waals surface area contributed by atoms with Gasteiger partial charge in [0.1, 0.15) is 0 Å². The first-order valence-corrected chi connectivity index (χ1v) is 6.29. The molecule has 0 aliphatic rings. The fraction of sp³-hybridized carbons (Fsp3) is 0.462. The number of carbonyl (C=O) groups excluding carboxylic acids is 1. The van der Waals surface area contributed by atoms with Crippen molar-refractivity contribution in [2.75, 3.05) is 33.0 Å². The van der Waals surface area contributed by atoms with Crippen LogP contribution < -0.4 is 5.73 Å². The third-order valence-electron chi connectivity index (χ3n) is 2.57. The molecule has 0 aliphatic carbocycles. The van der Waals surface area contributed by atoms with Crippen LogP contribution in [-0.4, -0.2) is 38.9 Å². The summed E-state index contributed by atoms with van der Waals surface area (Å²) >= 11 is 0. The summed E-state index contributed by atoms with van der Waals surface area (Å²) in [6.45, 7) is 2.10. The Labute approximate surface area is 117 Å². The zero-order valence-electron chi connectivity index (χ0n) is 11.2. The van der Waals surface area contributed by atoms with E-state index in [1.165, 1.54) is 0 Å². The number of hydrogen-bond donors (Lipinski definition) is 1. The molecule has 1 aromatic carbocycles. The Bertz CT molecular complexity index is 472. The molecular weight excluding hydrogens is 260 g/mol. The van der Waals surface area contributed by atoms with Crippen LogP contribution in [0.4, 0.5) is 0 Å². The molecule has 0 spiro atoms. The molecule has 0 aromatic heterocycles. The predicted molar refractivity (Wildman–Crippen MR) is 74.3 cm³/mol. The number of nitrogens with zero attached hydrogens (tertiary/aromatic N) is 3. The number of primary amides is 1. The number of ether oxygens (including phenoxy) is 2. The standard InChI is InChI=1S/C13H18N4O3/c14-13(18)12-4-2-1-3-11(12)5-7-19-9-10-20-8-6-16-17-15/h1-4H,5-10H2,(H2,14,18). The molecule has 0 aliphatic heterocycles. The molecule has 7 heteroatoms. The SMILES string of the molecule is [N-]=[N+]=NCCOCCOCCc1ccccc1C(N)=O. The first-order chi connectivity index (χ1) is 9.75. The topological polar surface area (TPSA) is 110 Å². The summed E-state index contributed by atoms with van der Waals surface area (Å²) in [5.41, 5.74) is 14.8. The summed E-state index contributed by atoms with van der Waals surface area (Å²) in [7, 11) is 0. The lowest BCUT2D eigenvalue weighted by Crippen LogP contribution is -2.15. The summed E-state index contributed by atoms with van der Waals surface area (Å²) in [4.78, 5) is 13.8. The number of azide groups is 1. The highest BCUT2D eigenvalue weighted by molar-refractivity contribution is 5.94. The first kappa shape index (κ1) is 16.0. The van der Waals surface area contributed by atoms with Gasteiger partial charge < -0.3 is 15.2 Å². The average molecular weight is 278 g/mol. The van der Waals surface area contributed by atoms with Gasteiger partial charge in [-0.15, -0.1) is 0 Å². The van der Waals surface area contributed by atoms with Gasteiger partial charge >= 0.3 is 0 Å². The lowest BCUT2D eigenvalue weighted by molar-refractivity contribution is 0.0519. The van der Waals surface area contributed by atoms with Gasteiger partial charge in [-0.2, -0.15) is 0 Å². The Kier molecular flexibility index (Phi) is 7.83. The average Bonchev–Trinajstić information content (AvgIpc) is 2.46. The van der Waals surface area contributed by atoms with Crippen molar-refractivity contribution < 1.29 is 14.3 Å². The maximum Gasteiger partial charge on any atom is 0.248 e. The molecule has 0 saturated heterocycles. The number of rotatable bonds is 10. The fourth-order valence-corrected chi connectivity index (χ4v) is 1.63. The quantitative estimate of drug-likeness (QED) is 0.304. The van der Waals surface area contributed by atoms with Gasteiger partial charge in [-0.1, -0.05) is 23.3 Å². The Balaban J connectivity index is 2.15. The Hall–Kier alpha value is -2.08. The summed E-state index contributed by atoms with van der Waals surface area (Å²) in [6.07, 6.45) is 0.623. The summed E-state index contributed by atoms with van der Waals surface area (Å²) in [6, 6.07) is 7.21. The lowest BCUT2D eigenvalue weighted by Gasteiger charge is -2.07. The van der Waals surface area contributed by atoms with Gasteiger partial charge in [-0.05, 0) is 23.6 Å². The van der Waals surface area contributed by atoms with E-state index in [9.17, 15) is 4.79 Å². The fourth-order valence-electron chi connectivity index (χ4n) is 1.63. The van der Waals surface area contributed by atoms with Crippen molar-refractivity contribution in [3.63, 3.8) is 0 Å². The summed E-state index contributed by atoms with van der Waals surface area (Å²) < 4.78 is 10.6. The molecule has 108 valence electrons. The molecule has 0 fully saturated rings. The minimum absolute atomic E-state index is 0.322. The molecule has 0 heterocycles. The molecule has 0 saturated carbocycles. The molecule has 1 rings (SSSR count). The Morgan fingerprint density at radius 2 is 1.90 bits per heavy atom. The number of benzene rings is 1. The van der Waals surface area contributed by atoms with Crippen LogP contribution in [0.2, 0.25) is 0 Å². The molecule has 2 N–H and O–H groups in total. The van der Waals surface area contributed by atoms with Gasteiger partial charge in [0.15, 0.2) is 0 Å². The maximum atomic E-state index is 11.2. The number of nitrogens with two attached hydrogens (primary N) is 1.